The first-order chi connectivity index (χ1) is 11.5. The van der Waals surface area contributed by atoms with Crippen LogP contribution in [0.5, 0.6) is 0 Å². The molecule has 0 saturated carbocycles. The van der Waals surface area contributed by atoms with Crippen LogP contribution >= 0.6 is 0 Å². The highest BCUT2D eigenvalue weighted by atomic mass is 19.4. The topological polar surface area (TPSA) is 78.1 Å². The van der Waals surface area contributed by atoms with Gasteiger partial charge >= 0.3 is 30.2 Å². The summed E-state index contributed by atoms with van der Waals surface area (Å²) in [5, 5.41) is 0. The average Bonchev–Trinajstić information content (AvgIpc) is 2.44. The summed E-state index contributed by atoms with van der Waals surface area (Å²) in [4.78, 5) is 16.4. The zero-order valence-corrected chi connectivity index (χ0v) is 12.3. The molecule has 26 heavy (non-hydrogen) atoms. The Morgan fingerprint density at radius 1 is 0.962 bits per heavy atom. The van der Waals surface area contributed by atoms with Crippen LogP contribution in [-0.4, -0.2) is 34.6 Å². The number of nitrogens with two attached hydrogens (primary N) is 1. The third-order valence-corrected chi connectivity index (χ3v) is 2.72. The molecule has 0 fully saturated rings. The minimum absolute atomic E-state index is 0.721. The van der Waals surface area contributed by atoms with Gasteiger partial charge in [0.05, 0.1) is 6.61 Å². The van der Waals surface area contributed by atoms with Gasteiger partial charge in [-0.15, -0.1) is 0 Å². The number of halogens is 10. The van der Waals surface area contributed by atoms with Crippen LogP contribution in [0.2, 0.25) is 0 Å². The molecule has 2 N–H and O–H groups in total. The molecule has 1 aromatic heterocycles. The van der Waals surface area contributed by atoms with E-state index in [1.54, 1.807) is 0 Å². The molecular formula is C11H7F10N3O2. The van der Waals surface area contributed by atoms with Crippen molar-refractivity contribution in [3.8, 4) is 0 Å². The normalized spacial score (nSPS) is 13.7. The standard InChI is InChI=1S/C11H7F10N3O2/c1-2-26-6(25)3-4(8(12,13)10(17,18)11(19,20)21)23-7(22)24-5(3)9(14,15)16/h2H2,1H3,(H2,22,23,24). The molecule has 148 valence electrons. The quantitative estimate of drug-likeness (QED) is 0.615. The van der Waals surface area contributed by atoms with E-state index < -0.39 is 59.7 Å². The molecule has 0 spiro atoms. The maximum atomic E-state index is 13.8. The van der Waals surface area contributed by atoms with Gasteiger partial charge in [0.25, 0.3) is 0 Å². The van der Waals surface area contributed by atoms with Crippen molar-refractivity contribution in [2.75, 3.05) is 12.3 Å². The third-order valence-electron chi connectivity index (χ3n) is 2.72. The Kier molecular flexibility index (Phi) is 5.36. The van der Waals surface area contributed by atoms with Crippen molar-refractivity contribution >= 4 is 11.9 Å². The van der Waals surface area contributed by atoms with Crippen molar-refractivity contribution in [3.05, 3.63) is 17.0 Å². The number of aromatic nitrogens is 2. The molecule has 0 aliphatic carbocycles. The maximum Gasteiger partial charge on any atom is 0.460 e. The minimum Gasteiger partial charge on any atom is -0.462 e. The molecule has 0 aromatic carbocycles. The number of ether oxygens (including phenoxy) is 1. The lowest BCUT2D eigenvalue weighted by molar-refractivity contribution is -0.360. The largest absolute Gasteiger partial charge is 0.462 e. The van der Waals surface area contributed by atoms with E-state index in [2.05, 4.69) is 14.7 Å². The molecule has 1 heterocycles. The van der Waals surface area contributed by atoms with E-state index in [9.17, 15) is 48.7 Å². The van der Waals surface area contributed by atoms with Crippen molar-refractivity contribution in [1.82, 2.24) is 9.97 Å². The van der Waals surface area contributed by atoms with Gasteiger partial charge in [0.2, 0.25) is 5.95 Å². The zero-order chi connectivity index (χ0) is 20.7. The molecule has 0 bridgehead atoms. The molecule has 0 radical (unpaired) electrons. The van der Waals surface area contributed by atoms with E-state index in [4.69, 9.17) is 5.73 Å². The molecule has 1 rings (SSSR count). The SMILES string of the molecule is CCOC(=O)c1c(C(F)(F)F)nc(N)nc1C(F)(F)C(F)(F)C(F)(F)F. The van der Waals surface area contributed by atoms with Gasteiger partial charge in [-0.2, -0.15) is 43.9 Å². The number of hydrogen-bond donors (Lipinski definition) is 1. The van der Waals surface area contributed by atoms with Gasteiger partial charge in [0.15, 0.2) is 5.69 Å². The molecule has 0 unspecified atom stereocenters. The third kappa shape index (κ3) is 3.60. The number of anilines is 1. The van der Waals surface area contributed by atoms with E-state index in [1.165, 1.54) is 0 Å². The van der Waals surface area contributed by atoms with Crippen LogP contribution in [-0.2, 0) is 16.8 Å². The molecule has 0 atom stereocenters. The van der Waals surface area contributed by atoms with Crippen LogP contribution in [0.15, 0.2) is 0 Å². The molecule has 5 nitrogen and oxygen atoms in total. The highest BCUT2D eigenvalue weighted by molar-refractivity contribution is 5.92. The lowest BCUT2D eigenvalue weighted by Crippen LogP contribution is -2.51. The number of nitrogens with zero attached hydrogens (tertiary/aromatic N) is 2. The van der Waals surface area contributed by atoms with Crippen molar-refractivity contribution < 1.29 is 53.4 Å². The first-order valence-corrected chi connectivity index (χ1v) is 6.23. The molecule has 1 aromatic rings. The Bertz CT molecular complexity index is 699. The van der Waals surface area contributed by atoms with E-state index in [0.29, 0.717) is 0 Å². The Hall–Kier alpha value is -2.35. The Morgan fingerprint density at radius 3 is 1.81 bits per heavy atom. The van der Waals surface area contributed by atoms with Gasteiger partial charge in [-0.05, 0) is 6.92 Å². The number of rotatable bonds is 4. The first-order valence-electron chi connectivity index (χ1n) is 6.23. The van der Waals surface area contributed by atoms with Crippen molar-refractivity contribution in [2.45, 2.75) is 31.1 Å². The second kappa shape index (κ2) is 6.42. The zero-order valence-electron chi connectivity index (χ0n) is 12.3. The summed E-state index contributed by atoms with van der Waals surface area (Å²) < 4.78 is 134. The van der Waals surface area contributed by atoms with Gasteiger partial charge in [0, 0.05) is 0 Å². The molecule has 15 heteroatoms. The fraction of sp³-hybridized carbons (Fsp3) is 0.545. The summed E-state index contributed by atoms with van der Waals surface area (Å²) >= 11 is 0. The van der Waals surface area contributed by atoms with Crippen LogP contribution < -0.4 is 5.73 Å². The summed E-state index contributed by atoms with van der Waals surface area (Å²) in [5.41, 5.74) is -3.09. The second-order valence-corrected chi connectivity index (χ2v) is 4.52. The molecule has 0 aliphatic rings. The first kappa shape index (κ1) is 21.7. The van der Waals surface area contributed by atoms with E-state index in [1.807, 2.05) is 0 Å². The minimum atomic E-state index is -6.89. The molecule has 0 amide bonds. The average molecular weight is 403 g/mol. The summed E-state index contributed by atoms with van der Waals surface area (Å²) in [6.07, 6.45) is -12.6. The smallest absolute Gasteiger partial charge is 0.460 e. The van der Waals surface area contributed by atoms with E-state index in [-0.39, 0.29) is 0 Å². The number of hydrogen-bond acceptors (Lipinski definition) is 5. The fourth-order valence-corrected chi connectivity index (χ4v) is 1.63. The van der Waals surface area contributed by atoms with Crippen molar-refractivity contribution in [1.29, 1.82) is 0 Å². The second-order valence-electron chi connectivity index (χ2n) is 4.52. The Morgan fingerprint density at radius 2 is 1.42 bits per heavy atom. The van der Waals surface area contributed by atoms with E-state index in [0.717, 1.165) is 6.92 Å². The van der Waals surface area contributed by atoms with Gasteiger partial charge in [-0.3, -0.25) is 0 Å². The predicted octanol–water partition coefficient (Wildman–Crippen LogP) is 3.54. The van der Waals surface area contributed by atoms with Gasteiger partial charge in [-0.1, -0.05) is 0 Å². The Balaban J connectivity index is 3.91. The van der Waals surface area contributed by atoms with Gasteiger partial charge in [-0.25, -0.2) is 14.8 Å². The number of carbonyl (C=O) groups excluding carboxylic acids is 1. The van der Waals surface area contributed by atoms with Crippen molar-refractivity contribution in [2.24, 2.45) is 0 Å². The lowest BCUT2D eigenvalue weighted by Gasteiger charge is -2.29. The maximum absolute atomic E-state index is 13.8. The summed E-state index contributed by atoms with van der Waals surface area (Å²) in [7, 11) is 0. The highest BCUT2D eigenvalue weighted by Gasteiger charge is 2.75. The lowest BCUT2D eigenvalue weighted by atomic mass is 10.0. The van der Waals surface area contributed by atoms with Crippen LogP contribution in [0.3, 0.4) is 0 Å². The number of nitrogen functional groups attached to an aromatic ring is 1. The molecule has 0 saturated heterocycles. The molecule has 0 aliphatic heterocycles. The highest BCUT2D eigenvalue weighted by Crippen LogP contribution is 2.52. The van der Waals surface area contributed by atoms with Crippen LogP contribution in [0.4, 0.5) is 49.9 Å². The van der Waals surface area contributed by atoms with E-state index >= 15 is 0 Å². The van der Waals surface area contributed by atoms with Crippen LogP contribution in [0.25, 0.3) is 0 Å². The fourth-order valence-electron chi connectivity index (χ4n) is 1.63. The van der Waals surface area contributed by atoms with Crippen molar-refractivity contribution in [3.63, 3.8) is 0 Å². The summed E-state index contributed by atoms with van der Waals surface area (Å²) in [6.45, 7) is 0.284. The monoisotopic (exact) mass is 403 g/mol. The number of alkyl halides is 10. The van der Waals surface area contributed by atoms with Crippen LogP contribution in [0, 0.1) is 0 Å². The number of carbonyl (C=O) groups is 1. The van der Waals surface area contributed by atoms with Gasteiger partial charge in [0.1, 0.15) is 11.3 Å². The Labute approximate surface area is 137 Å². The number of esters is 1. The molecular weight excluding hydrogens is 396 g/mol. The predicted molar refractivity (Wildman–Crippen MR) is 62.3 cm³/mol. The summed E-state index contributed by atoms with van der Waals surface area (Å²) in [5.74, 6) is -17.3. The van der Waals surface area contributed by atoms with Crippen LogP contribution in [0.1, 0.15) is 28.7 Å². The van der Waals surface area contributed by atoms with Gasteiger partial charge < -0.3 is 10.5 Å². The summed E-state index contributed by atoms with van der Waals surface area (Å²) in [6, 6.07) is 0.